The summed E-state index contributed by atoms with van der Waals surface area (Å²) in [7, 11) is 0. The Hall–Kier alpha value is -1.74. The molecule has 128 valence electrons. The van der Waals surface area contributed by atoms with Crippen LogP contribution in [0.2, 0.25) is 10.0 Å². The summed E-state index contributed by atoms with van der Waals surface area (Å²) < 4.78 is 13.6. The lowest BCUT2D eigenvalue weighted by molar-refractivity contribution is 0.235. The highest BCUT2D eigenvalue weighted by molar-refractivity contribution is 6.43. The molecule has 2 aromatic rings. The fourth-order valence-corrected chi connectivity index (χ4v) is 2.92. The van der Waals surface area contributed by atoms with E-state index < -0.39 is 5.82 Å². The minimum Gasteiger partial charge on any atom is -0.395 e. The summed E-state index contributed by atoms with van der Waals surface area (Å²) in [5.41, 5.74) is 6.37. The van der Waals surface area contributed by atoms with Crippen LogP contribution in [0.4, 0.5) is 16.2 Å². The maximum atomic E-state index is 13.6. The van der Waals surface area contributed by atoms with Crippen molar-refractivity contribution in [2.45, 2.75) is 6.04 Å². The minimum absolute atomic E-state index is 0.00882. The van der Waals surface area contributed by atoms with E-state index >= 15 is 0 Å². The second kappa shape index (κ2) is 7.02. The number of halogens is 3. The Bertz CT molecular complexity index is 762. The zero-order chi connectivity index (χ0) is 17.3. The fourth-order valence-electron chi connectivity index (χ4n) is 2.51. The van der Waals surface area contributed by atoms with Gasteiger partial charge in [-0.05, 0) is 12.1 Å². The van der Waals surface area contributed by atoms with Crippen LogP contribution < -0.4 is 16.0 Å². The van der Waals surface area contributed by atoms with Gasteiger partial charge in [-0.25, -0.2) is 4.39 Å². The fraction of sp³-hybridized carbons (Fsp3) is 0.357. The van der Waals surface area contributed by atoms with E-state index in [0.717, 1.165) is 6.07 Å². The van der Waals surface area contributed by atoms with Gasteiger partial charge in [-0.2, -0.15) is 4.98 Å². The second-order valence-electron chi connectivity index (χ2n) is 5.37. The first kappa shape index (κ1) is 17.1. The number of anilines is 2. The average molecular weight is 373 g/mol. The van der Waals surface area contributed by atoms with Gasteiger partial charge in [-0.1, -0.05) is 23.2 Å². The van der Waals surface area contributed by atoms with Crippen molar-refractivity contribution in [2.75, 3.05) is 36.9 Å². The lowest BCUT2D eigenvalue weighted by atomic mass is 10.1. The van der Waals surface area contributed by atoms with Crippen molar-refractivity contribution in [3.05, 3.63) is 28.0 Å². The molecule has 1 unspecified atom stereocenters. The third kappa shape index (κ3) is 3.36. The number of aromatic nitrogens is 3. The van der Waals surface area contributed by atoms with E-state index in [9.17, 15) is 9.50 Å². The Balaban J connectivity index is 1.93. The van der Waals surface area contributed by atoms with Gasteiger partial charge in [0.15, 0.2) is 5.82 Å². The van der Waals surface area contributed by atoms with Crippen molar-refractivity contribution in [2.24, 2.45) is 0 Å². The number of hydrogen-bond donors (Lipinski definition) is 3. The molecule has 0 saturated carbocycles. The quantitative estimate of drug-likeness (QED) is 0.698. The van der Waals surface area contributed by atoms with E-state index in [1.54, 1.807) is 0 Å². The highest BCUT2D eigenvalue weighted by atomic mass is 35.5. The van der Waals surface area contributed by atoms with Crippen LogP contribution in [0.5, 0.6) is 0 Å². The van der Waals surface area contributed by atoms with Crippen LogP contribution in [0.15, 0.2) is 12.1 Å². The number of benzene rings is 1. The van der Waals surface area contributed by atoms with Crippen LogP contribution in [-0.4, -0.2) is 52.6 Å². The van der Waals surface area contributed by atoms with Crippen molar-refractivity contribution in [3.63, 3.8) is 0 Å². The molecule has 1 atom stereocenters. The molecule has 1 fully saturated rings. The molecule has 24 heavy (non-hydrogen) atoms. The molecule has 3 rings (SSSR count). The number of aliphatic hydroxyl groups is 1. The first-order chi connectivity index (χ1) is 11.5. The van der Waals surface area contributed by atoms with Gasteiger partial charge < -0.3 is 21.1 Å². The number of nitrogens with two attached hydrogens (primary N) is 1. The molecule has 1 aromatic heterocycles. The maximum absolute atomic E-state index is 13.6. The minimum atomic E-state index is -0.558. The molecule has 0 amide bonds. The maximum Gasteiger partial charge on any atom is 0.247 e. The summed E-state index contributed by atoms with van der Waals surface area (Å²) >= 11 is 12.0. The predicted molar refractivity (Wildman–Crippen MR) is 90.7 cm³/mol. The van der Waals surface area contributed by atoms with Crippen LogP contribution in [0.25, 0.3) is 11.3 Å². The van der Waals surface area contributed by atoms with Gasteiger partial charge >= 0.3 is 0 Å². The van der Waals surface area contributed by atoms with Crippen molar-refractivity contribution in [1.29, 1.82) is 0 Å². The molecule has 0 aliphatic carbocycles. The van der Waals surface area contributed by atoms with Crippen LogP contribution >= 0.6 is 23.2 Å². The van der Waals surface area contributed by atoms with Gasteiger partial charge in [-0.3, -0.25) is 0 Å². The number of nitrogens with one attached hydrogen (secondary N) is 1. The van der Waals surface area contributed by atoms with Gasteiger partial charge in [0.05, 0.1) is 16.7 Å². The van der Waals surface area contributed by atoms with Gasteiger partial charge in [0.25, 0.3) is 0 Å². The largest absolute Gasteiger partial charge is 0.395 e. The molecular weight excluding hydrogens is 358 g/mol. The molecule has 1 aliphatic rings. The molecule has 1 saturated heterocycles. The summed E-state index contributed by atoms with van der Waals surface area (Å²) in [6.45, 7) is 1.88. The van der Waals surface area contributed by atoms with E-state index in [-0.39, 0.29) is 39.8 Å². The lowest BCUT2D eigenvalue weighted by Crippen LogP contribution is -2.52. The number of rotatable bonds is 3. The highest BCUT2D eigenvalue weighted by Crippen LogP contribution is 2.35. The predicted octanol–water partition coefficient (Wildman–Crippen LogP) is 1.34. The molecule has 2 heterocycles. The molecular formula is C14H15Cl2FN6O. The molecule has 7 nitrogen and oxygen atoms in total. The molecule has 0 spiro atoms. The number of nitrogens with zero attached hydrogens (tertiary/aromatic N) is 4. The van der Waals surface area contributed by atoms with E-state index in [1.807, 2.05) is 4.90 Å². The number of hydrogen-bond acceptors (Lipinski definition) is 7. The second-order valence-corrected chi connectivity index (χ2v) is 6.16. The van der Waals surface area contributed by atoms with Gasteiger partial charge in [-0.15, -0.1) is 10.2 Å². The monoisotopic (exact) mass is 372 g/mol. The normalized spacial score (nSPS) is 18.0. The zero-order valence-corrected chi connectivity index (χ0v) is 14.0. The standard InChI is InChI=1S/C14H15Cl2FN6O/c15-10-4-7(17)3-9(11(10)16)12-13(18)20-14(22-21-12)23-2-1-19-8(5-23)6-24/h3-4,8,19,24H,1-2,5-6H2,(H2,18,20,22). The van der Waals surface area contributed by atoms with Crippen molar-refractivity contribution in [1.82, 2.24) is 20.5 Å². The third-order valence-corrected chi connectivity index (χ3v) is 4.51. The van der Waals surface area contributed by atoms with Crippen LogP contribution in [-0.2, 0) is 0 Å². The Morgan fingerprint density at radius 2 is 2.17 bits per heavy atom. The highest BCUT2D eigenvalue weighted by Gasteiger charge is 2.22. The van der Waals surface area contributed by atoms with Gasteiger partial charge in [0, 0.05) is 31.2 Å². The molecule has 10 heteroatoms. The molecule has 0 bridgehead atoms. The summed E-state index contributed by atoms with van der Waals surface area (Å²) in [5, 5.41) is 20.7. The summed E-state index contributed by atoms with van der Waals surface area (Å²) in [4.78, 5) is 6.10. The summed E-state index contributed by atoms with van der Waals surface area (Å²) in [5.74, 6) is -0.143. The summed E-state index contributed by atoms with van der Waals surface area (Å²) in [6.07, 6.45) is 0. The van der Waals surface area contributed by atoms with Crippen molar-refractivity contribution >= 4 is 35.0 Å². The van der Waals surface area contributed by atoms with Gasteiger partial charge in [0.2, 0.25) is 5.95 Å². The third-order valence-electron chi connectivity index (χ3n) is 3.71. The number of piperazine rings is 1. The Kier molecular flexibility index (Phi) is 5.00. The van der Waals surface area contributed by atoms with E-state index in [2.05, 4.69) is 20.5 Å². The molecule has 1 aromatic carbocycles. The zero-order valence-electron chi connectivity index (χ0n) is 12.5. The molecule has 0 radical (unpaired) electrons. The van der Waals surface area contributed by atoms with Crippen molar-refractivity contribution in [3.8, 4) is 11.3 Å². The molecule has 4 N–H and O–H groups in total. The topological polar surface area (TPSA) is 100 Å². The average Bonchev–Trinajstić information content (AvgIpc) is 2.58. The SMILES string of the molecule is Nc1nc(N2CCNC(CO)C2)nnc1-c1cc(F)cc(Cl)c1Cl. The number of nitrogen functional groups attached to an aromatic ring is 1. The van der Waals surface area contributed by atoms with Crippen molar-refractivity contribution < 1.29 is 9.50 Å². The van der Waals surface area contributed by atoms with Crippen LogP contribution in [0, 0.1) is 5.82 Å². The Labute approximate surface area is 147 Å². The first-order valence-corrected chi connectivity index (χ1v) is 7.99. The van der Waals surface area contributed by atoms with E-state index in [0.29, 0.717) is 25.6 Å². The Morgan fingerprint density at radius 1 is 1.38 bits per heavy atom. The van der Waals surface area contributed by atoms with Crippen LogP contribution in [0.1, 0.15) is 0 Å². The Morgan fingerprint density at radius 3 is 2.88 bits per heavy atom. The lowest BCUT2D eigenvalue weighted by Gasteiger charge is -2.32. The first-order valence-electron chi connectivity index (χ1n) is 7.24. The number of aliphatic hydroxyl groups excluding tert-OH is 1. The van der Waals surface area contributed by atoms with E-state index in [1.165, 1.54) is 6.07 Å². The van der Waals surface area contributed by atoms with Crippen LogP contribution in [0.3, 0.4) is 0 Å². The summed E-state index contributed by atoms with van der Waals surface area (Å²) in [6, 6.07) is 2.22. The van der Waals surface area contributed by atoms with E-state index in [4.69, 9.17) is 28.9 Å². The smallest absolute Gasteiger partial charge is 0.247 e. The molecule has 1 aliphatic heterocycles. The van der Waals surface area contributed by atoms with Gasteiger partial charge in [0.1, 0.15) is 11.5 Å².